The Morgan fingerprint density at radius 2 is 2.06 bits per heavy atom. The molecule has 0 bridgehead atoms. The molecule has 0 aliphatic heterocycles. The monoisotopic (exact) mass is 246 g/mol. The summed E-state index contributed by atoms with van der Waals surface area (Å²) < 4.78 is 5.78. The molecule has 0 heterocycles. The largest absolute Gasteiger partial charge is 0.493 e. The standard InChI is InChI=1S/C16H22O2/c1-2-12-18-16-11-7-6-9-14(16)13-8-4-3-5-10-15(13)17/h6-7,9,11,13H,2-5,8,10,12H2,1H3. The van der Waals surface area contributed by atoms with Gasteiger partial charge in [0.25, 0.3) is 0 Å². The van der Waals surface area contributed by atoms with Gasteiger partial charge in [-0.05, 0) is 25.3 Å². The van der Waals surface area contributed by atoms with Gasteiger partial charge in [0, 0.05) is 17.9 Å². The van der Waals surface area contributed by atoms with Crippen molar-refractivity contribution in [3.63, 3.8) is 0 Å². The predicted octanol–water partition coefficient (Wildman–Crippen LogP) is 4.09. The van der Waals surface area contributed by atoms with Crippen molar-refractivity contribution in [1.29, 1.82) is 0 Å². The van der Waals surface area contributed by atoms with Crippen molar-refractivity contribution in [3.8, 4) is 5.75 Å². The first kappa shape index (κ1) is 13.1. The quantitative estimate of drug-likeness (QED) is 0.748. The lowest BCUT2D eigenvalue weighted by molar-refractivity contribution is -0.120. The van der Waals surface area contributed by atoms with Gasteiger partial charge < -0.3 is 4.74 Å². The van der Waals surface area contributed by atoms with Crippen LogP contribution in [0.3, 0.4) is 0 Å². The minimum atomic E-state index is 0.0561. The molecule has 0 aromatic heterocycles. The van der Waals surface area contributed by atoms with Crippen molar-refractivity contribution in [2.24, 2.45) is 0 Å². The van der Waals surface area contributed by atoms with Gasteiger partial charge in [-0.25, -0.2) is 0 Å². The van der Waals surface area contributed by atoms with Crippen molar-refractivity contribution >= 4 is 5.78 Å². The van der Waals surface area contributed by atoms with Gasteiger partial charge in [0.05, 0.1) is 6.61 Å². The van der Waals surface area contributed by atoms with E-state index in [4.69, 9.17) is 4.74 Å². The molecule has 2 heteroatoms. The summed E-state index contributed by atoms with van der Waals surface area (Å²) in [5.74, 6) is 1.35. The fourth-order valence-corrected chi connectivity index (χ4v) is 2.60. The van der Waals surface area contributed by atoms with Crippen LogP contribution in [0.4, 0.5) is 0 Å². The van der Waals surface area contributed by atoms with Crippen LogP contribution in [-0.2, 0) is 4.79 Å². The zero-order valence-corrected chi connectivity index (χ0v) is 11.2. The second kappa shape index (κ2) is 6.58. The number of hydrogen-bond acceptors (Lipinski definition) is 2. The molecule has 0 spiro atoms. The molecule has 0 amide bonds. The third-order valence-corrected chi connectivity index (χ3v) is 3.56. The van der Waals surface area contributed by atoms with Crippen molar-refractivity contribution in [2.75, 3.05) is 6.61 Å². The number of para-hydroxylation sites is 1. The second-order valence-corrected chi connectivity index (χ2v) is 5.00. The molecule has 1 aliphatic carbocycles. The third-order valence-electron chi connectivity index (χ3n) is 3.56. The Bertz CT molecular complexity index is 398. The normalized spacial score (nSPS) is 20.5. The van der Waals surface area contributed by atoms with E-state index in [9.17, 15) is 4.79 Å². The molecule has 18 heavy (non-hydrogen) atoms. The van der Waals surface area contributed by atoms with E-state index in [0.29, 0.717) is 5.78 Å². The second-order valence-electron chi connectivity index (χ2n) is 5.00. The highest BCUT2D eigenvalue weighted by Crippen LogP contribution is 2.34. The molecule has 2 nitrogen and oxygen atoms in total. The van der Waals surface area contributed by atoms with Crippen molar-refractivity contribution in [3.05, 3.63) is 29.8 Å². The molecule has 1 fully saturated rings. The molecule has 1 aromatic carbocycles. The van der Waals surface area contributed by atoms with Gasteiger partial charge in [0.2, 0.25) is 0 Å². The van der Waals surface area contributed by atoms with Crippen LogP contribution in [-0.4, -0.2) is 12.4 Å². The van der Waals surface area contributed by atoms with Gasteiger partial charge in [-0.15, -0.1) is 0 Å². The molecule has 1 aliphatic rings. The van der Waals surface area contributed by atoms with Crippen LogP contribution in [0, 0.1) is 0 Å². The van der Waals surface area contributed by atoms with Gasteiger partial charge in [-0.2, -0.15) is 0 Å². The van der Waals surface area contributed by atoms with Gasteiger partial charge in [0.15, 0.2) is 0 Å². The van der Waals surface area contributed by atoms with E-state index in [-0.39, 0.29) is 5.92 Å². The molecular weight excluding hydrogens is 224 g/mol. The lowest BCUT2D eigenvalue weighted by Gasteiger charge is -2.17. The summed E-state index contributed by atoms with van der Waals surface area (Å²) >= 11 is 0. The first-order chi connectivity index (χ1) is 8.83. The van der Waals surface area contributed by atoms with Crippen molar-refractivity contribution in [2.45, 2.75) is 51.4 Å². The molecule has 0 radical (unpaired) electrons. The van der Waals surface area contributed by atoms with Gasteiger partial charge in [-0.1, -0.05) is 38.0 Å². The maximum atomic E-state index is 12.2. The van der Waals surface area contributed by atoms with E-state index in [1.165, 1.54) is 6.42 Å². The number of ether oxygens (including phenoxy) is 1. The molecule has 0 N–H and O–H groups in total. The topological polar surface area (TPSA) is 26.3 Å². The van der Waals surface area contributed by atoms with Gasteiger partial charge in [-0.3, -0.25) is 4.79 Å². The van der Waals surface area contributed by atoms with Gasteiger partial charge in [0.1, 0.15) is 11.5 Å². The molecule has 2 rings (SSSR count). The Hall–Kier alpha value is -1.31. The first-order valence-electron chi connectivity index (χ1n) is 7.07. The van der Waals surface area contributed by atoms with Crippen molar-refractivity contribution in [1.82, 2.24) is 0 Å². The highest BCUT2D eigenvalue weighted by atomic mass is 16.5. The highest BCUT2D eigenvalue weighted by Gasteiger charge is 2.24. The summed E-state index contributed by atoms with van der Waals surface area (Å²) in [7, 11) is 0. The fourth-order valence-electron chi connectivity index (χ4n) is 2.60. The SMILES string of the molecule is CCCOc1ccccc1C1CCCCCC1=O. The molecule has 98 valence electrons. The van der Waals surface area contributed by atoms with Crippen molar-refractivity contribution < 1.29 is 9.53 Å². The number of benzene rings is 1. The minimum absolute atomic E-state index is 0.0561. The van der Waals surface area contributed by atoms with E-state index in [1.54, 1.807) is 0 Å². The molecule has 1 aromatic rings. The number of carbonyl (C=O) groups excluding carboxylic acids is 1. The van der Waals surface area contributed by atoms with Crippen LogP contribution < -0.4 is 4.74 Å². The maximum Gasteiger partial charge on any atom is 0.140 e. The summed E-state index contributed by atoms with van der Waals surface area (Å²) in [4.78, 5) is 12.2. The lowest BCUT2D eigenvalue weighted by Crippen LogP contribution is -2.12. The van der Waals surface area contributed by atoms with E-state index in [0.717, 1.165) is 50.0 Å². The average molecular weight is 246 g/mol. The average Bonchev–Trinajstić information content (AvgIpc) is 2.61. The number of ketones is 1. The molecule has 1 saturated carbocycles. The lowest BCUT2D eigenvalue weighted by atomic mass is 9.90. The Balaban J connectivity index is 2.21. The van der Waals surface area contributed by atoms with E-state index in [1.807, 2.05) is 18.2 Å². The Labute approximate surface area is 109 Å². The van der Waals surface area contributed by atoms with Crippen LogP contribution >= 0.6 is 0 Å². The minimum Gasteiger partial charge on any atom is -0.493 e. The number of Topliss-reactive ketones (excluding diaryl/α,β-unsaturated/α-hetero) is 1. The number of carbonyl (C=O) groups is 1. The Morgan fingerprint density at radius 1 is 1.22 bits per heavy atom. The summed E-state index contributed by atoms with van der Waals surface area (Å²) in [6.07, 6.45) is 6.08. The Kier molecular flexibility index (Phi) is 4.80. The fraction of sp³-hybridized carbons (Fsp3) is 0.562. The van der Waals surface area contributed by atoms with Gasteiger partial charge >= 0.3 is 0 Å². The molecule has 1 atom stereocenters. The van der Waals surface area contributed by atoms with Crippen LogP contribution in [0.5, 0.6) is 5.75 Å². The molecule has 1 unspecified atom stereocenters. The smallest absolute Gasteiger partial charge is 0.140 e. The van der Waals surface area contributed by atoms with Crippen LogP contribution in [0.1, 0.15) is 56.9 Å². The molecule has 0 saturated heterocycles. The van der Waals surface area contributed by atoms with Crippen LogP contribution in [0.15, 0.2) is 24.3 Å². The zero-order valence-electron chi connectivity index (χ0n) is 11.2. The summed E-state index contributed by atoms with van der Waals surface area (Å²) in [5.41, 5.74) is 1.10. The third kappa shape index (κ3) is 3.12. The maximum absolute atomic E-state index is 12.2. The Morgan fingerprint density at radius 3 is 2.89 bits per heavy atom. The van der Waals surface area contributed by atoms with Crippen LogP contribution in [0.2, 0.25) is 0 Å². The number of rotatable bonds is 4. The van der Waals surface area contributed by atoms with E-state index in [2.05, 4.69) is 13.0 Å². The summed E-state index contributed by atoms with van der Waals surface area (Å²) in [5, 5.41) is 0. The van der Waals surface area contributed by atoms with Crippen LogP contribution in [0.25, 0.3) is 0 Å². The highest BCUT2D eigenvalue weighted by molar-refractivity contribution is 5.86. The molecular formula is C16H22O2. The van der Waals surface area contributed by atoms with E-state index >= 15 is 0 Å². The zero-order chi connectivity index (χ0) is 12.8. The van der Waals surface area contributed by atoms with E-state index < -0.39 is 0 Å². The number of hydrogen-bond donors (Lipinski definition) is 0. The summed E-state index contributed by atoms with van der Waals surface area (Å²) in [6.45, 7) is 2.82. The first-order valence-corrected chi connectivity index (χ1v) is 7.07. The summed E-state index contributed by atoms with van der Waals surface area (Å²) in [6, 6.07) is 8.03. The predicted molar refractivity (Wildman–Crippen MR) is 73.1 cm³/mol.